The van der Waals surface area contributed by atoms with Crippen LogP contribution in [0.2, 0.25) is 0 Å². The maximum Gasteiger partial charge on any atom is -1.00 e. The fourth-order valence-electron chi connectivity index (χ4n) is 11.4. The van der Waals surface area contributed by atoms with Crippen molar-refractivity contribution in [3.05, 3.63) is 237 Å². The molecule has 9 aromatic carbocycles. The molecule has 2 atom stereocenters. The number of allylic oxidation sites excluding steroid dienone is 2. The topological polar surface area (TPSA) is 0 Å². The molecular formula is C57H47Cl2SiZr. The van der Waals surface area contributed by atoms with Crippen LogP contribution >= 0.6 is 0 Å². The van der Waals surface area contributed by atoms with E-state index in [0.717, 1.165) is 0 Å². The van der Waals surface area contributed by atoms with Crippen molar-refractivity contribution in [2.75, 3.05) is 0 Å². The zero-order valence-electron chi connectivity index (χ0n) is 35.1. The van der Waals surface area contributed by atoms with Gasteiger partial charge in [-0.1, -0.05) is 0 Å². The van der Waals surface area contributed by atoms with Crippen molar-refractivity contribution >= 4 is 61.1 Å². The molecule has 0 aromatic heterocycles. The van der Waals surface area contributed by atoms with Gasteiger partial charge in [-0.05, 0) is 0 Å². The van der Waals surface area contributed by atoms with Crippen molar-refractivity contribution in [1.82, 2.24) is 0 Å². The van der Waals surface area contributed by atoms with Crippen LogP contribution < -0.4 is 24.8 Å². The first kappa shape index (κ1) is 41.5. The largest absolute Gasteiger partial charge is 1.00 e. The molecule has 0 amide bonds. The quantitative estimate of drug-likeness (QED) is 0.117. The third-order valence-electron chi connectivity index (χ3n) is 13.8. The average molecular weight is 922 g/mol. The average Bonchev–Trinajstić information content (AvgIpc) is 3.71. The van der Waals surface area contributed by atoms with Crippen molar-refractivity contribution in [3.63, 3.8) is 0 Å². The fraction of sp³-hybridized carbons (Fsp3) is 0.123. The van der Waals surface area contributed by atoms with Gasteiger partial charge in [-0.25, -0.2) is 0 Å². The normalized spacial score (nSPS) is 16.2. The Morgan fingerprint density at radius 3 is 1.23 bits per heavy atom. The van der Waals surface area contributed by atoms with Gasteiger partial charge in [-0.2, -0.15) is 0 Å². The Balaban J connectivity index is 0.00000238. The van der Waals surface area contributed by atoms with Crippen LogP contribution in [0.15, 0.2) is 187 Å². The van der Waals surface area contributed by atoms with Gasteiger partial charge in [0, 0.05) is 0 Å². The summed E-state index contributed by atoms with van der Waals surface area (Å²) < 4.78 is 1.96. The number of rotatable bonds is 6. The second-order valence-electron chi connectivity index (χ2n) is 17.5. The molecule has 0 spiro atoms. The first-order chi connectivity index (χ1) is 28.8. The zero-order chi connectivity index (χ0) is 40.0. The number of hydrogen-bond donors (Lipinski definition) is 0. The van der Waals surface area contributed by atoms with E-state index in [1.165, 1.54) is 97.3 Å². The molecule has 0 N–H and O–H groups in total. The Hall–Kier alpha value is -4.82. The predicted octanol–water partition coefficient (Wildman–Crippen LogP) is 8.28. The number of aryl methyl sites for hydroxylation is 2. The van der Waals surface area contributed by atoms with Gasteiger partial charge in [0.2, 0.25) is 0 Å². The molecule has 2 aliphatic carbocycles. The smallest absolute Gasteiger partial charge is 1.00 e. The minimum absolute atomic E-state index is 0. The van der Waals surface area contributed by atoms with Gasteiger partial charge in [-0.3, -0.25) is 0 Å². The Morgan fingerprint density at radius 1 is 0.393 bits per heavy atom. The van der Waals surface area contributed by atoms with Crippen LogP contribution in [0, 0.1) is 13.8 Å². The van der Waals surface area contributed by atoms with E-state index in [1.807, 2.05) is 0 Å². The van der Waals surface area contributed by atoms with Gasteiger partial charge in [0.15, 0.2) is 0 Å². The third kappa shape index (κ3) is 6.74. The van der Waals surface area contributed by atoms with E-state index in [2.05, 4.69) is 210 Å². The molecule has 9 aromatic rings. The van der Waals surface area contributed by atoms with Gasteiger partial charge >= 0.3 is 356 Å². The van der Waals surface area contributed by atoms with Gasteiger partial charge < -0.3 is 24.8 Å². The van der Waals surface area contributed by atoms with Crippen LogP contribution in [-0.2, 0) is 23.0 Å². The van der Waals surface area contributed by atoms with Crippen LogP contribution in [0.1, 0.15) is 71.2 Å². The Labute approximate surface area is 378 Å². The first-order valence-corrected chi connectivity index (χ1v) is 31.6. The van der Waals surface area contributed by atoms with Crippen molar-refractivity contribution in [1.29, 1.82) is 0 Å². The molecule has 0 saturated heterocycles. The molecule has 297 valence electrons. The van der Waals surface area contributed by atoms with Crippen molar-refractivity contribution in [2.45, 2.75) is 39.1 Å². The van der Waals surface area contributed by atoms with Crippen LogP contribution in [0.3, 0.4) is 0 Å². The first-order valence-electron chi connectivity index (χ1n) is 21.1. The molecule has 0 heterocycles. The molecule has 0 aliphatic heterocycles. The predicted molar refractivity (Wildman–Crippen MR) is 253 cm³/mol. The van der Waals surface area contributed by atoms with Crippen LogP contribution in [-0.4, -0.2) is 6.88 Å². The Kier molecular flexibility index (Phi) is 11.0. The van der Waals surface area contributed by atoms with Crippen LogP contribution in [0.5, 0.6) is 0 Å². The van der Waals surface area contributed by atoms with Gasteiger partial charge in [0.05, 0.1) is 0 Å². The van der Waals surface area contributed by atoms with Crippen molar-refractivity contribution < 1.29 is 43.7 Å². The van der Waals surface area contributed by atoms with Crippen LogP contribution in [0.4, 0.5) is 0 Å². The monoisotopic (exact) mass is 919 g/mol. The number of hydrogen-bond acceptors (Lipinski definition) is 0. The maximum atomic E-state index is 2.53. The summed E-state index contributed by atoms with van der Waals surface area (Å²) in [6.45, 7) is 12.1. The Bertz CT molecular complexity index is 3140. The van der Waals surface area contributed by atoms with E-state index in [9.17, 15) is 0 Å². The number of fused-ring (bicyclic) bond motifs is 6. The van der Waals surface area contributed by atoms with E-state index in [4.69, 9.17) is 0 Å². The summed E-state index contributed by atoms with van der Waals surface area (Å²) in [6.07, 6.45) is 0. The summed E-state index contributed by atoms with van der Waals surface area (Å²) in [5.74, 6) is 0. The number of halogens is 2. The van der Waals surface area contributed by atoms with Gasteiger partial charge in [-0.15, -0.1) is 0 Å². The van der Waals surface area contributed by atoms with Crippen molar-refractivity contribution in [2.24, 2.45) is 0 Å². The molecular weight excluding hydrogens is 875 g/mol. The molecule has 2 aliphatic rings. The summed E-state index contributed by atoms with van der Waals surface area (Å²) in [5, 5.41) is 10.5. The van der Waals surface area contributed by atoms with E-state index in [-0.39, 0.29) is 24.8 Å². The standard InChI is InChI=1S/2C25H19.C7H7.2ClH.H2Si.Zr/c2*1-16-10-11-21-13-17(2)25(24(21)12-16)22-9-5-8-20-14-18-6-3-4-7-19(18)15-23(20)22;1-7-5-3-2-4-6-7;;;;/h2*3-15H,1-2H3;2-6H,1H2;2*1H;1H2;/q;;;;;;+2/p-2. The van der Waals surface area contributed by atoms with E-state index >= 15 is 0 Å². The van der Waals surface area contributed by atoms with Gasteiger partial charge in [0.1, 0.15) is 0 Å². The second kappa shape index (κ2) is 16.1. The molecule has 0 radical (unpaired) electrons. The SMILES string of the molecule is CC1=C(c2cccc3cc4ccccc4cc23)c2cc(C)ccc2[CH]1[Zr+2](=[SiH2])([CH2]c1ccccc1)[CH]1C(C)=C(c2cccc3cc4ccccc4cc23)c2cc(C)ccc21.[Cl-].[Cl-]. The molecule has 0 bridgehead atoms. The molecule has 11 rings (SSSR count). The van der Waals surface area contributed by atoms with Crippen molar-refractivity contribution in [3.8, 4) is 0 Å². The zero-order valence-corrected chi connectivity index (χ0v) is 40.5. The number of benzene rings is 9. The fourth-order valence-corrected chi connectivity index (χ4v) is 32.8. The summed E-state index contributed by atoms with van der Waals surface area (Å²) in [4.78, 5) is 0. The molecule has 0 fully saturated rings. The minimum atomic E-state index is -3.60. The Morgan fingerprint density at radius 2 is 0.787 bits per heavy atom. The van der Waals surface area contributed by atoms with E-state index in [1.54, 1.807) is 22.3 Å². The molecule has 0 nitrogen and oxygen atoms in total. The van der Waals surface area contributed by atoms with E-state index in [0.29, 0.717) is 7.25 Å². The summed E-state index contributed by atoms with van der Waals surface area (Å²) in [6, 6.07) is 67.6. The van der Waals surface area contributed by atoms with E-state index < -0.39 is 18.9 Å². The maximum absolute atomic E-state index is 3.60. The molecule has 0 saturated carbocycles. The molecule has 2 unspecified atom stereocenters. The van der Waals surface area contributed by atoms with Gasteiger partial charge in [0.25, 0.3) is 0 Å². The second-order valence-corrected chi connectivity index (χ2v) is 35.1. The molecule has 4 heteroatoms. The summed E-state index contributed by atoms with van der Waals surface area (Å²) in [7, 11) is 0. The summed E-state index contributed by atoms with van der Waals surface area (Å²) >= 11 is -3.60. The third-order valence-corrected chi connectivity index (χ3v) is 32.0. The minimum Gasteiger partial charge on any atom is -1.00 e. The summed E-state index contributed by atoms with van der Waals surface area (Å²) in [5.41, 5.74) is 18.9. The molecule has 61 heavy (non-hydrogen) atoms. The van der Waals surface area contributed by atoms with Crippen LogP contribution in [0.25, 0.3) is 54.2 Å².